The molecule has 0 radical (unpaired) electrons. The fourth-order valence-corrected chi connectivity index (χ4v) is 7.29. The molecule has 3 aromatic carbocycles. The van der Waals surface area contributed by atoms with Crippen molar-refractivity contribution >= 4 is 5.78 Å². The van der Waals surface area contributed by atoms with Gasteiger partial charge in [0.05, 0.1) is 0 Å². The first-order chi connectivity index (χ1) is 20.1. The third-order valence-electron chi connectivity index (χ3n) is 9.69. The van der Waals surface area contributed by atoms with E-state index in [-0.39, 0.29) is 23.5 Å². The van der Waals surface area contributed by atoms with Crippen LogP contribution in [0.1, 0.15) is 72.8 Å². The summed E-state index contributed by atoms with van der Waals surface area (Å²) in [7, 11) is 0. The number of benzene rings is 3. The zero-order valence-electron chi connectivity index (χ0n) is 23.6. The van der Waals surface area contributed by atoms with Gasteiger partial charge in [-0.15, -0.1) is 0 Å². The summed E-state index contributed by atoms with van der Waals surface area (Å²) in [5, 5.41) is 9.87. The lowest BCUT2D eigenvalue weighted by Crippen LogP contribution is -2.53. The Bertz CT molecular complexity index is 1430. The van der Waals surface area contributed by atoms with E-state index in [1.54, 1.807) is 12.1 Å². The predicted octanol–water partition coefficient (Wildman–Crippen LogP) is 8.74. The fourth-order valence-electron chi connectivity index (χ4n) is 7.29. The third-order valence-corrected chi connectivity index (χ3v) is 9.69. The van der Waals surface area contributed by atoms with Crippen molar-refractivity contribution in [2.24, 2.45) is 11.8 Å². The zero-order valence-corrected chi connectivity index (χ0v) is 23.6. The monoisotopic (exact) mass is 606 g/mol. The van der Waals surface area contributed by atoms with Crippen molar-refractivity contribution in [1.29, 1.82) is 0 Å². The van der Waals surface area contributed by atoms with Crippen LogP contribution in [0.15, 0.2) is 72.8 Å². The molecule has 4 atom stereocenters. The van der Waals surface area contributed by atoms with Gasteiger partial charge >= 0.3 is 12.4 Å². The Labute approximate surface area is 245 Å². The lowest BCUT2D eigenvalue weighted by atomic mass is 9.64. The third kappa shape index (κ3) is 5.73. The molecule has 9 heteroatoms. The number of hydrogen-bond acceptors (Lipinski definition) is 2. The average molecular weight is 607 g/mol. The first-order valence-electron chi connectivity index (χ1n) is 14.5. The number of carbonyl (C=O) groups excluding carboxylic acids is 1. The number of ketones is 1. The standard InChI is InChI=1S/C34H33F7O2/c1-31(26-15-17-28(35)18-16-26)20-25(30(42)24-10-9-21-5-2-3-6-23(21)19-24)7-4-8-29(31)22-11-13-27(14-12-22)32(43,33(36,37)38)34(39,40)41/h2-3,5-6,11-18,24-25,29,43H,4,7-10,19-20H2,1H3/t24?,25?,29-,31+/m0/s1. The normalized spacial score (nSPS) is 25.1. The van der Waals surface area contributed by atoms with Gasteiger partial charge in [-0.05, 0) is 78.8 Å². The minimum absolute atomic E-state index is 0.143. The van der Waals surface area contributed by atoms with Crippen molar-refractivity contribution in [3.8, 4) is 0 Å². The predicted molar refractivity (Wildman–Crippen MR) is 148 cm³/mol. The molecule has 5 rings (SSSR count). The summed E-state index contributed by atoms with van der Waals surface area (Å²) >= 11 is 0. The van der Waals surface area contributed by atoms with Gasteiger partial charge in [0.1, 0.15) is 11.6 Å². The number of alkyl halides is 6. The van der Waals surface area contributed by atoms with Crippen molar-refractivity contribution in [2.45, 2.75) is 81.2 Å². The van der Waals surface area contributed by atoms with Crippen LogP contribution in [0.25, 0.3) is 0 Å². The number of halogens is 7. The van der Waals surface area contributed by atoms with Crippen LogP contribution in [-0.4, -0.2) is 23.2 Å². The lowest BCUT2D eigenvalue weighted by molar-refractivity contribution is -0.376. The maximum Gasteiger partial charge on any atom is 0.430 e. The summed E-state index contributed by atoms with van der Waals surface area (Å²) in [4.78, 5) is 14.0. The average Bonchev–Trinajstić information content (AvgIpc) is 3.15. The molecule has 1 saturated carbocycles. The van der Waals surface area contributed by atoms with E-state index in [0.29, 0.717) is 49.8 Å². The second-order valence-corrected chi connectivity index (χ2v) is 12.2. The summed E-state index contributed by atoms with van der Waals surface area (Å²) in [5.74, 6) is -1.12. The molecular weight excluding hydrogens is 573 g/mol. The minimum Gasteiger partial charge on any atom is -0.369 e. The highest BCUT2D eigenvalue weighted by Crippen LogP contribution is 2.53. The highest BCUT2D eigenvalue weighted by molar-refractivity contribution is 5.84. The van der Waals surface area contributed by atoms with Crippen LogP contribution in [0.4, 0.5) is 30.7 Å². The van der Waals surface area contributed by atoms with Gasteiger partial charge < -0.3 is 5.11 Å². The number of hydrogen-bond donors (Lipinski definition) is 1. The second-order valence-electron chi connectivity index (χ2n) is 12.2. The van der Waals surface area contributed by atoms with Crippen LogP contribution in [0.2, 0.25) is 0 Å². The summed E-state index contributed by atoms with van der Waals surface area (Å²) in [5.41, 5.74) is -3.48. The highest BCUT2D eigenvalue weighted by atomic mass is 19.4. The van der Waals surface area contributed by atoms with Gasteiger partial charge in [-0.1, -0.05) is 74.0 Å². The van der Waals surface area contributed by atoms with E-state index in [0.717, 1.165) is 24.0 Å². The van der Waals surface area contributed by atoms with Gasteiger partial charge in [0, 0.05) is 22.8 Å². The van der Waals surface area contributed by atoms with Crippen LogP contribution >= 0.6 is 0 Å². The van der Waals surface area contributed by atoms with Crippen molar-refractivity contribution < 1.29 is 40.6 Å². The van der Waals surface area contributed by atoms with Crippen LogP contribution < -0.4 is 0 Å². The van der Waals surface area contributed by atoms with E-state index in [2.05, 4.69) is 6.07 Å². The van der Waals surface area contributed by atoms with Gasteiger partial charge in [0.25, 0.3) is 5.60 Å². The smallest absolute Gasteiger partial charge is 0.369 e. The van der Waals surface area contributed by atoms with Crippen LogP contribution in [0.3, 0.4) is 0 Å². The molecule has 1 N–H and O–H groups in total. The maximum absolute atomic E-state index is 14.0. The number of fused-ring (bicyclic) bond motifs is 1. The quantitative estimate of drug-likeness (QED) is 0.233. The van der Waals surface area contributed by atoms with E-state index in [9.17, 15) is 40.6 Å². The number of aliphatic hydroxyl groups is 1. The Kier molecular flexibility index (Phi) is 8.26. The Hall–Kier alpha value is -3.20. The van der Waals surface area contributed by atoms with E-state index >= 15 is 0 Å². The van der Waals surface area contributed by atoms with Crippen LogP contribution in [0.5, 0.6) is 0 Å². The zero-order chi connectivity index (χ0) is 31.2. The SMILES string of the molecule is C[C@]1(c2ccc(F)cc2)CC(C(=O)C2CCc3ccccc3C2)CCC[C@H]1c1ccc(C(O)(C(F)(F)F)C(F)(F)F)cc1. The van der Waals surface area contributed by atoms with Gasteiger partial charge in [-0.2, -0.15) is 26.3 Å². The van der Waals surface area contributed by atoms with Crippen LogP contribution in [0, 0.1) is 17.7 Å². The first kappa shape index (κ1) is 31.2. The molecule has 0 bridgehead atoms. The molecule has 1 fully saturated rings. The second kappa shape index (κ2) is 11.4. The molecule has 43 heavy (non-hydrogen) atoms. The molecule has 0 amide bonds. The van der Waals surface area contributed by atoms with E-state index in [1.807, 2.05) is 25.1 Å². The Morgan fingerprint density at radius 1 is 0.791 bits per heavy atom. The van der Waals surface area contributed by atoms with E-state index in [1.165, 1.54) is 29.8 Å². The number of carbonyl (C=O) groups is 1. The molecule has 0 saturated heterocycles. The van der Waals surface area contributed by atoms with Gasteiger partial charge in [0.2, 0.25) is 0 Å². The topological polar surface area (TPSA) is 37.3 Å². The largest absolute Gasteiger partial charge is 0.430 e. The van der Waals surface area contributed by atoms with Crippen LogP contribution in [-0.2, 0) is 28.7 Å². The molecule has 3 aromatic rings. The van der Waals surface area contributed by atoms with E-state index in [4.69, 9.17) is 0 Å². The summed E-state index contributed by atoms with van der Waals surface area (Å²) in [6.45, 7) is 1.93. The summed E-state index contributed by atoms with van der Waals surface area (Å²) in [6, 6.07) is 17.7. The molecule has 0 aromatic heterocycles. The maximum atomic E-state index is 14.0. The van der Waals surface area contributed by atoms with E-state index < -0.39 is 34.7 Å². The minimum atomic E-state index is -5.98. The summed E-state index contributed by atoms with van der Waals surface area (Å²) in [6.07, 6.45) is -7.61. The molecule has 0 aliphatic heterocycles. The molecular formula is C34H33F7O2. The van der Waals surface area contributed by atoms with Gasteiger partial charge in [-0.25, -0.2) is 4.39 Å². The molecule has 2 aliphatic rings. The van der Waals surface area contributed by atoms with Crippen molar-refractivity contribution in [1.82, 2.24) is 0 Å². The number of Topliss-reactive ketones (excluding diaryl/α,β-unsaturated/α-hetero) is 1. The molecule has 230 valence electrons. The molecule has 2 aliphatic carbocycles. The molecule has 0 spiro atoms. The van der Waals surface area contributed by atoms with Crippen molar-refractivity contribution in [2.75, 3.05) is 0 Å². The van der Waals surface area contributed by atoms with Crippen molar-refractivity contribution in [3.05, 3.63) is 106 Å². The molecule has 0 heterocycles. The van der Waals surface area contributed by atoms with Crippen molar-refractivity contribution in [3.63, 3.8) is 0 Å². The first-order valence-corrected chi connectivity index (χ1v) is 14.5. The number of rotatable bonds is 5. The number of aryl methyl sites for hydroxylation is 1. The Morgan fingerprint density at radius 2 is 1.40 bits per heavy atom. The van der Waals surface area contributed by atoms with Gasteiger partial charge in [0.15, 0.2) is 0 Å². The highest BCUT2D eigenvalue weighted by Gasteiger charge is 2.71. The molecule has 2 unspecified atom stereocenters. The summed E-state index contributed by atoms with van der Waals surface area (Å²) < 4.78 is 94.9. The van der Waals surface area contributed by atoms with Gasteiger partial charge in [-0.3, -0.25) is 4.79 Å². The lowest BCUT2D eigenvalue weighted by Gasteiger charge is -2.40. The molecule has 2 nitrogen and oxygen atoms in total. The fraction of sp³-hybridized carbons (Fsp3) is 0.441. The Balaban J connectivity index is 1.49. The Morgan fingerprint density at radius 3 is 2.00 bits per heavy atom.